The maximum Gasteiger partial charge on any atom is 0.351 e. The van der Waals surface area contributed by atoms with Gasteiger partial charge >= 0.3 is 5.69 Å². The van der Waals surface area contributed by atoms with Crippen LogP contribution in [0.25, 0.3) is 0 Å². The zero-order valence-electron chi connectivity index (χ0n) is 18.0. The lowest BCUT2D eigenvalue weighted by Gasteiger charge is -2.43. The highest BCUT2D eigenvalue weighted by Crippen LogP contribution is 2.67. The van der Waals surface area contributed by atoms with Crippen molar-refractivity contribution in [2.45, 2.75) is 103 Å². The van der Waals surface area contributed by atoms with E-state index in [9.17, 15) is 4.79 Å². The van der Waals surface area contributed by atoms with Crippen molar-refractivity contribution in [1.82, 2.24) is 9.55 Å². The van der Waals surface area contributed by atoms with E-state index in [0.29, 0.717) is 0 Å². The van der Waals surface area contributed by atoms with Gasteiger partial charge in [-0.05, 0) is 52.4 Å². The van der Waals surface area contributed by atoms with Crippen LogP contribution in [-0.2, 0) is 14.2 Å². The van der Waals surface area contributed by atoms with Crippen molar-refractivity contribution < 1.29 is 14.2 Å². The quantitative estimate of drug-likeness (QED) is 0.852. The molecule has 1 unspecified atom stereocenters. The third-order valence-electron chi connectivity index (χ3n) is 5.93. The predicted octanol–water partition coefficient (Wildman–Crippen LogP) is 2.95. The molecule has 2 saturated heterocycles. The number of anilines is 1. The van der Waals surface area contributed by atoms with E-state index in [1.807, 2.05) is 27.7 Å². The minimum Gasteiger partial charge on any atom is -0.383 e. The Kier molecular flexibility index (Phi) is 4.11. The fourth-order valence-electron chi connectivity index (χ4n) is 4.88. The van der Waals surface area contributed by atoms with E-state index >= 15 is 0 Å². The lowest BCUT2D eigenvalue weighted by atomic mass is 9.75. The standard InChI is InChI=1S/C21H33N3O4/c1-12-10-24(17(25)23-15(12)22)16-13-14(27-19(5,6)7)21(28-16,11-18(2,3)4)20(26-13)8-9-20/h10,13-14,16H,8-9,11H2,1-7H3,(H2,22,23,25)/t13-,14?,16+,21+/m0/s1. The number of hydrogen-bond donors (Lipinski definition) is 1. The van der Waals surface area contributed by atoms with Crippen molar-refractivity contribution in [3.8, 4) is 0 Å². The molecule has 7 heteroatoms. The summed E-state index contributed by atoms with van der Waals surface area (Å²) in [6, 6.07) is 0. The van der Waals surface area contributed by atoms with Gasteiger partial charge in [0, 0.05) is 11.8 Å². The summed E-state index contributed by atoms with van der Waals surface area (Å²) < 4.78 is 21.4. The predicted molar refractivity (Wildman–Crippen MR) is 106 cm³/mol. The molecule has 0 aromatic carbocycles. The van der Waals surface area contributed by atoms with Gasteiger partial charge in [-0.15, -0.1) is 0 Å². The van der Waals surface area contributed by atoms with Gasteiger partial charge < -0.3 is 19.9 Å². The molecule has 0 amide bonds. The minimum absolute atomic E-state index is 0.0163. The van der Waals surface area contributed by atoms with Gasteiger partial charge in [-0.2, -0.15) is 4.98 Å². The summed E-state index contributed by atoms with van der Waals surface area (Å²) in [6.45, 7) is 14.6. The number of hydrogen-bond acceptors (Lipinski definition) is 6. The maximum absolute atomic E-state index is 12.6. The Morgan fingerprint density at radius 3 is 2.43 bits per heavy atom. The number of nitrogens with zero attached hydrogens (tertiary/aromatic N) is 2. The van der Waals surface area contributed by atoms with Crippen molar-refractivity contribution in [1.29, 1.82) is 0 Å². The molecule has 1 spiro atoms. The number of ether oxygens (including phenoxy) is 3. The zero-order chi connectivity index (χ0) is 20.7. The molecule has 3 fully saturated rings. The third-order valence-corrected chi connectivity index (χ3v) is 5.93. The minimum atomic E-state index is -0.581. The molecule has 2 bridgehead atoms. The van der Waals surface area contributed by atoms with Crippen LogP contribution in [0.5, 0.6) is 0 Å². The lowest BCUT2D eigenvalue weighted by molar-refractivity contribution is -0.236. The number of fused-ring (bicyclic) bond motifs is 3. The average molecular weight is 392 g/mol. The largest absolute Gasteiger partial charge is 0.383 e. The molecule has 1 aliphatic carbocycles. The summed E-state index contributed by atoms with van der Waals surface area (Å²) >= 11 is 0. The first-order valence-corrected chi connectivity index (χ1v) is 10.2. The molecule has 1 saturated carbocycles. The van der Waals surface area contributed by atoms with Gasteiger partial charge in [-0.1, -0.05) is 20.8 Å². The molecule has 4 atom stereocenters. The molecule has 0 radical (unpaired) electrons. The van der Waals surface area contributed by atoms with Gasteiger partial charge in [0.1, 0.15) is 29.2 Å². The Balaban J connectivity index is 1.80. The Bertz CT molecular complexity index is 847. The second kappa shape index (κ2) is 5.80. The molecule has 2 aliphatic heterocycles. The molecule has 7 nitrogen and oxygen atoms in total. The van der Waals surface area contributed by atoms with Crippen molar-refractivity contribution in [3.05, 3.63) is 22.2 Å². The molecular weight excluding hydrogens is 358 g/mol. The van der Waals surface area contributed by atoms with Crippen LogP contribution in [0, 0.1) is 12.3 Å². The topological polar surface area (TPSA) is 88.6 Å². The highest BCUT2D eigenvalue weighted by atomic mass is 16.7. The van der Waals surface area contributed by atoms with E-state index in [1.165, 1.54) is 4.57 Å². The fraction of sp³-hybridized carbons (Fsp3) is 0.810. The van der Waals surface area contributed by atoms with Crippen molar-refractivity contribution in [3.63, 3.8) is 0 Å². The summed E-state index contributed by atoms with van der Waals surface area (Å²) in [5.74, 6) is 0.246. The van der Waals surface area contributed by atoms with Crippen LogP contribution in [0.1, 0.15) is 72.6 Å². The molecule has 4 rings (SSSR count). The van der Waals surface area contributed by atoms with E-state index in [1.54, 1.807) is 6.20 Å². The van der Waals surface area contributed by atoms with Crippen molar-refractivity contribution >= 4 is 5.82 Å². The number of aromatic nitrogens is 2. The first-order valence-electron chi connectivity index (χ1n) is 10.2. The molecular formula is C21H33N3O4. The zero-order valence-corrected chi connectivity index (χ0v) is 18.0. The molecule has 28 heavy (non-hydrogen) atoms. The van der Waals surface area contributed by atoms with Gasteiger partial charge in [0.2, 0.25) is 0 Å². The summed E-state index contributed by atoms with van der Waals surface area (Å²) in [5, 5.41) is 0. The summed E-state index contributed by atoms with van der Waals surface area (Å²) in [5.41, 5.74) is 4.91. The second-order valence-electron chi connectivity index (χ2n) is 10.9. The fourth-order valence-corrected chi connectivity index (χ4v) is 4.88. The Hall–Kier alpha value is -1.44. The number of nitrogens with two attached hydrogens (primary N) is 1. The van der Waals surface area contributed by atoms with Gasteiger partial charge in [-0.25, -0.2) is 4.79 Å². The highest BCUT2D eigenvalue weighted by molar-refractivity contribution is 5.35. The molecule has 156 valence electrons. The van der Waals surface area contributed by atoms with Crippen LogP contribution in [0.4, 0.5) is 5.82 Å². The van der Waals surface area contributed by atoms with E-state index in [2.05, 4.69) is 25.8 Å². The van der Waals surface area contributed by atoms with E-state index in [-0.39, 0.29) is 34.6 Å². The smallest absolute Gasteiger partial charge is 0.351 e. The van der Waals surface area contributed by atoms with Crippen LogP contribution >= 0.6 is 0 Å². The summed E-state index contributed by atoms with van der Waals surface area (Å²) in [6.07, 6.45) is 3.27. The number of nitrogen functional groups attached to an aromatic ring is 1. The third kappa shape index (κ3) is 2.99. The maximum atomic E-state index is 12.6. The molecule has 2 N–H and O–H groups in total. The molecule has 1 aromatic rings. The van der Waals surface area contributed by atoms with Crippen LogP contribution in [-0.4, -0.2) is 38.6 Å². The summed E-state index contributed by atoms with van der Waals surface area (Å²) in [7, 11) is 0. The Morgan fingerprint density at radius 1 is 1.25 bits per heavy atom. The second-order valence-corrected chi connectivity index (χ2v) is 10.9. The van der Waals surface area contributed by atoms with Crippen LogP contribution in [0.3, 0.4) is 0 Å². The normalized spacial score (nSPS) is 33.6. The van der Waals surface area contributed by atoms with E-state index in [4.69, 9.17) is 19.9 Å². The number of aryl methyl sites for hydroxylation is 1. The Labute approximate surface area is 166 Å². The van der Waals surface area contributed by atoms with Crippen LogP contribution < -0.4 is 11.4 Å². The SMILES string of the molecule is Cc1cn([C@@H]2O[C@]3(CC(C)(C)C)C(OC(C)(C)C)[C@@H]2OC32CC2)c(=O)nc1N. The van der Waals surface area contributed by atoms with Crippen LogP contribution in [0.2, 0.25) is 0 Å². The monoisotopic (exact) mass is 391 g/mol. The Morgan fingerprint density at radius 2 is 1.89 bits per heavy atom. The number of rotatable bonds is 3. The van der Waals surface area contributed by atoms with Crippen LogP contribution in [0.15, 0.2) is 11.0 Å². The van der Waals surface area contributed by atoms with Crippen molar-refractivity contribution in [2.75, 3.05) is 5.73 Å². The first kappa shape index (κ1) is 19.9. The highest BCUT2D eigenvalue weighted by Gasteiger charge is 2.79. The van der Waals surface area contributed by atoms with E-state index < -0.39 is 17.5 Å². The first-order chi connectivity index (χ1) is 12.8. The average Bonchev–Trinajstić information content (AvgIpc) is 3.19. The molecule has 1 aromatic heterocycles. The van der Waals surface area contributed by atoms with Gasteiger partial charge in [0.15, 0.2) is 6.23 Å². The van der Waals surface area contributed by atoms with Gasteiger partial charge in [0.05, 0.1) is 5.60 Å². The van der Waals surface area contributed by atoms with E-state index in [0.717, 1.165) is 24.8 Å². The lowest BCUT2D eigenvalue weighted by Crippen LogP contribution is -2.53. The van der Waals surface area contributed by atoms with Gasteiger partial charge in [-0.3, -0.25) is 4.57 Å². The van der Waals surface area contributed by atoms with Crippen molar-refractivity contribution in [2.24, 2.45) is 5.41 Å². The molecule has 3 heterocycles. The molecule has 3 aliphatic rings. The van der Waals surface area contributed by atoms with Gasteiger partial charge in [0.25, 0.3) is 0 Å². The summed E-state index contributed by atoms with van der Waals surface area (Å²) in [4.78, 5) is 16.6.